The summed E-state index contributed by atoms with van der Waals surface area (Å²) in [7, 11) is -4.78. The van der Waals surface area contributed by atoms with Crippen LogP contribution in [-0.2, 0) is 28.2 Å². The van der Waals surface area contributed by atoms with Crippen molar-refractivity contribution in [2.75, 3.05) is 13.2 Å². The molecule has 0 aliphatic carbocycles. The van der Waals surface area contributed by atoms with Gasteiger partial charge in [0.1, 0.15) is 6.61 Å². The minimum atomic E-state index is -4.78. The molecule has 0 saturated carbocycles. The third kappa shape index (κ3) is 42.2. The fraction of sp³-hybridized carbons (Fsp3) is 0.689. The van der Waals surface area contributed by atoms with E-state index in [-0.39, 0.29) is 19.4 Å². The highest BCUT2D eigenvalue weighted by atomic mass is 31.2. The lowest BCUT2D eigenvalue weighted by Crippen LogP contribution is -2.29. The van der Waals surface area contributed by atoms with E-state index in [0.717, 1.165) is 51.4 Å². The fourth-order valence-electron chi connectivity index (χ4n) is 5.53. The molecule has 1 atom stereocenters. The van der Waals surface area contributed by atoms with Crippen LogP contribution in [-0.4, -0.2) is 41.0 Å². The summed E-state index contributed by atoms with van der Waals surface area (Å²) in [5.41, 5.74) is 0. The summed E-state index contributed by atoms with van der Waals surface area (Å²) in [4.78, 5) is 42.8. The summed E-state index contributed by atoms with van der Waals surface area (Å²) < 4.78 is 26.3. The predicted molar refractivity (Wildman–Crippen MR) is 225 cm³/mol. The number of phosphoric ester groups is 1. The number of esters is 2. The molecule has 0 saturated heterocycles. The lowest BCUT2D eigenvalue weighted by molar-refractivity contribution is -0.161. The molecule has 2 N–H and O–H groups in total. The van der Waals surface area contributed by atoms with Crippen LogP contribution in [0.1, 0.15) is 181 Å². The highest BCUT2D eigenvalue weighted by Crippen LogP contribution is 2.36. The SMILES string of the molecule is CCCCC/C=C\C/C=C\C/C=C\C/C=C\C/C=C\CCC(=O)O[C@H](COC(=O)CCCCCCCCC/C=C\CCCCCCCC)COP(=O)(O)O. The van der Waals surface area contributed by atoms with E-state index < -0.39 is 32.5 Å². The molecule has 0 aromatic rings. The zero-order valence-corrected chi connectivity index (χ0v) is 35.0. The predicted octanol–water partition coefficient (Wildman–Crippen LogP) is 13.1. The average Bonchev–Trinajstić information content (AvgIpc) is 3.14. The van der Waals surface area contributed by atoms with Crippen LogP contribution >= 0.6 is 7.82 Å². The van der Waals surface area contributed by atoms with E-state index in [0.29, 0.717) is 12.8 Å². The maximum atomic E-state index is 12.4. The first-order valence-corrected chi connectivity index (χ1v) is 22.8. The first kappa shape index (κ1) is 51.5. The van der Waals surface area contributed by atoms with Gasteiger partial charge in [0, 0.05) is 12.8 Å². The zero-order chi connectivity index (χ0) is 39.6. The number of rotatable bonds is 38. The zero-order valence-electron chi connectivity index (χ0n) is 34.1. The van der Waals surface area contributed by atoms with Gasteiger partial charge in [0.2, 0.25) is 0 Å². The second kappa shape index (κ2) is 40.2. The Morgan fingerprint density at radius 1 is 0.481 bits per heavy atom. The Kier molecular flexibility index (Phi) is 38.3. The summed E-state index contributed by atoms with van der Waals surface area (Å²) in [5.74, 6) is -0.989. The number of phosphoric acid groups is 1. The Morgan fingerprint density at radius 3 is 1.37 bits per heavy atom. The van der Waals surface area contributed by atoms with Gasteiger partial charge in [-0.3, -0.25) is 14.1 Å². The highest BCUT2D eigenvalue weighted by molar-refractivity contribution is 7.46. The molecule has 0 unspecified atom stereocenters. The number of hydrogen-bond donors (Lipinski definition) is 2. The molecule has 0 aromatic carbocycles. The van der Waals surface area contributed by atoms with Crippen LogP contribution < -0.4 is 0 Å². The minimum Gasteiger partial charge on any atom is -0.462 e. The molecule has 0 rings (SSSR count). The second-order valence-corrected chi connectivity index (χ2v) is 15.2. The molecule has 0 aliphatic heterocycles. The molecule has 0 fully saturated rings. The van der Waals surface area contributed by atoms with E-state index in [9.17, 15) is 14.2 Å². The standard InChI is InChI=1S/C45H77O8P/c1-3-5-7-9-11-13-15-17-19-21-22-24-26-28-30-32-34-36-38-40-45(47)53-43(42-52-54(48,49)50)41-51-44(46)39-37-35-33-31-29-27-25-23-20-18-16-14-12-10-8-6-4-2/h11,13,17-20,22,24,28,30,34,36,43H,3-10,12,14-16,21,23,25-27,29,31-33,35,37-42H2,1-2H3,(H2,48,49,50)/b13-11-,19-17-,20-18-,24-22-,30-28-,36-34-/t43-/m1/s1. The Labute approximate surface area is 329 Å². The van der Waals surface area contributed by atoms with Gasteiger partial charge in [-0.15, -0.1) is 0 Å². The molecule has 0 aliphatic rings. The van der Waals surface area contributed by atoms with E-state index in [2.05, 4.69) is 79.1 Å². The molecular formula is C45H77O8P. The highest BCUT2D eigenvalue weighted by Gasteiger charge is 2.22. The van der Waals surface area contributed by atoms with E-state index in [1.807, 2.05) is 12.2 Å². The Balaban J connectivity index is 4.06. The molecule has 310 valence electrons. The molecule has 0 spiro atoms. The van der Waals surface area contributed by atoms with Crippen molar-refractivity contribution in [1.82, 2.24) is 0 Å². The summed E-state index contributed by atoms with van der Waals surface area (Å²) in [6.07, 6.45) is 52.0. The van der Waals surface area contributed by atoms with Gasteiger partial charge in [-0.2, -0.15) is 0 Å². The van der Waals surface area contributed by atoms with Crippen molar-refractivity contribution in [1.29, 1.82) is 0 Å². The van der Waals surface area contributed by atoms with Crippen molar-refractivity contribution in [3.8, 4) is 0 Å². The lowest BCUT2D eigenvalue weighted by atomic mass is 10.1. The minimum absolute atomic E-state index is 0.0848. The van der Waals surface area contributed by atoms with Crippen LogP contribution in [0.2, 0.25) is 0 Å². The first-order chi connectivity index (χ1) is 26.3. The summed E-state index contributed by atoms with van der Waals surface area (Å²) >= 11 is 0. The lowest BCUT2D eigenvalue weighted by Gasteiger charge is -2.18. The molecule has 0 aromatic heterocycles. The van der Waals surface area contributed by atoms with Gasteiger partial charge in [-0.1, -0.05) is 164 Å². The van der Waals surface area contributed by atoms with E-state index >= 15 is 0 Å². The van der Waals surface area contributed by atoms with Gasteiger partial charge in [-0.05, 0) is 77.0 Å². The molecule has 0 radical (unpaired) electrons. The van der Waals surface area contributed by atoms with Gasteiger partial charge in [0.05, 0.1) is 6.61 Å². The topological polar surface area (TPSA) is 119 Å². The smallest absolute Gasteiger partial charge is 0.462 e. The van der Waals surface area contributed by atoms with Crippen LogP contribution in [0, 0.1) is 0 Å². The number of hydrogen-bond acceptors (Lipinski definition) is 6. The molecule has 9 heteroatoms. The van der Waals surface area contributed by atoms with Crippen LogP contribution in [0.25, 0.3) is 0 Å². The van der Waals surface area contributed by atoms with Gasteiger partial charge in [-0.25, -0.2) is 4.57 Å². The van der Waals surface area contributed by atoms with Crippen LogP contribution in [0.5, 0.6) is 0 Å². The van der Waals surface area contributed by atoms with Crippen molar-refractivity contribution in [2.24, 2.45) is 0 Å². The van der Waals surface area contributed by atoms with Crippen LogP contribution in [0.4, 0.5) is 0 Å². The Morgan fingerprint density at radius 2 is 0.870 bits per heavy atom. The normalized spacial score (nSPS) is 13.2. The van der Waals surface area contributed by atoms with Crippen LogP contribution in [0.15, 0.2) is 72.9 Å². The largest absolute Gasteiger partial charge is 0.469 e. The van der Waals surface area contributed by atoms with Gasteiger partial charge >= 0.3 is 19.8 Å². The van der Waals surface area contributed by atoms with Gasteiger partial charge < -0.3 is 19.3 Å². The number of unbranched alkanes of at least 4 members (excludes halogenated alkanes) is 16. The summed E-state index contributed by atoms with van der Waals surface area (Å²) in [5, 5.41) is 0. The maximum absolute atomic E-state index is 12.4. The van der Waals surface area contributed by atoms with Crippen molar-refractivity contribution in [2.45, 2.75) is 187 Å². The van der Waals surface area contributed by atoms with Gasteiger partial charge in [0.15, 0.2) is 6.10 Å². The fourth-order valence-corrected chi connectivity index (χ4v) is 5.89. The molecule has 0 amide bonds. The van der Waals surface area contributed by atoms with E-state index in [1.54, 1.807) is 0 Å². The first-order valence-electron chi connectivity index (χ1n) is 21.2. The van der Waals surface area contributed by atoms with Gasteiger partial charge in [0.25, 0.3) is 0 Å². The number of ether oxygens (including phenoxy) is 2. The van der Waals surface area contributed by atoms with Crippen molar-refractivity contribution in [3.05, 3.63) is 72.9 Å². The van der Waals surface area contributed by atoms with Crippen molar-refractivity contribution >= 4 is 19.8 Å². The Hall–Kier alpha value is -2.51. The third-order valence-corrected chi connectivity index (χ3v) is 9.20. The molecule has 54 heavy (non-hydrogen) atoms. The van der Waals surface area contributed by atoms with Crippen LogP contribution in [0.3, 0.4) is 0 Å². The van der Waals surface area contributed by atoms with E-state index in [1.165, 1.54) is 89.9 Å². The number of carbonyl (C=O) groups excluding carboxylic acids is 2. The molecular weight excluding hydrogens is 699 g/mol. The molecule has 8 nitrogen and oxygen atoms in total. The third-order valence-electron chi connectivity index (χ3n) is 8.71. The average molecular weight is 777 g/mol. The summed E-state index contributed by atoms with van der Waals surface area (Å²) in [6, 6.07) is 0. The second-order valence-electron chi connectivity index (χ2n) is 14.0. The number of allylic oxidation sites excluding steroid dienone is 12. The number of carbonyl (C=O) groups is 2. The van der Waals surface area contributed by atoms with Crippen molar-refractivity contribution in [3.63, 3.8) is 0 Å². The summed E-state index contributed by atoms with van der Waals surface area (Å²) in [6.45, 7) is 3.59. The maximum Gasteiger partial charge on any atom is 0.469 e. The monoisotopic (exact) mass is 777 g/mol. The van der Waals surface area contributed by atoms with E-state index in [4.69, 9.17) is 19.3 Å². The Bertz CT molecular complexity index is 1100. The molecule has 0 bridgehead atoms. The quantitative estimate of drug-likeness (QED) is 0.0275. The molecule has 0 heterocycles. The van der Waals surface area contributed by atoms with Crippen molar-refractivity contribution < 1.29 is 37.9 Å².